The van der Waals surface area contributed by atoms with Crippen LogP contribution in [0.4, 0.5) is 4.39 Å². The molecule has 22 heavy (non-hydrogen) atoms. The second-order valence-corrected chi connectivity index (χ2v) is 4.92. The molecule has 9 nitrogen and oxygen atoms in total. The third-order valence-electron chi connectivity index (χ3n) is 3.52. The van der Waals surface area contributed by atoms with Crippen LogP contribution in [0.2, 0.25) is 0 Å². The van der Waals surface area contributed by atoms with Gasteiger partial charge in [0.1, 0.15) is 24.4 Å². The van der Waals surface area contributed by atoms with E-state index in [-0.39, 0.29) is 11.3 Å². The summed E-state index contributed by atoms with van der Waals surface area (Å²) in [4.78, 5) is 28.8. The molecule has 1 saturated heterocycles. The Kier molecular flexibility index (Phi) is 3.53. The van der Waals surface area contributed by atoms with E-state index in [9.17, 15) is 24.2 Å². The number of rotatable bonds is 2. The van der Waals surface area contributed by atoms with Crippen LogP contribution in [-0.2, 0) is 4.74 Å². The molecule has 0 radical (unpaired) electrons. The first-order chi connectivity index (χ1) is 10.4. The maximum Gasteiger partial charge on any atom is 0.288 e. The normalized spacial score (nSPS) is 28.4. The number of aromatic amines is 1. The van der Waals surface area contributed by atoms with Crippen LogP contribution in [0.5, 0.6) is 0 Å². The lowest BCUT2D eigenvalue weighted by Crippen LogP contribution is -2.33. The van der Waals surface area contributed by atoms with Crippen LogP contribution in [0.25, 0.3) is 5.78 Å². The number of fused-ring (bicyclic) bond motifs is 1. The van der Waals surface area contributed by atoms with Crippen molar-refractivity contribution < 1.29 is 24.4 Å². The molecule has 1 aliphatic rings. The lowest BCUT2D eigenvalue weighted by Gasteiger charge is -2.14. The summed E-state index contributed by atoms with van der Waals surface area (Å²) < 4.78 is 19.6. The SMILES string of the molecule is O=c1nc2[nH]c(=O)c(F)cn2cc1C1OC(CO)C(O)C1O. The van der Waals surface area contributed by atoms with Crippen molar-refractivity contribution >= 4 is 5.78 Å². The lowest BCUT2D eigenvalue weighted by atomic mass is 10.0. The average molecular weight is 313 g/mol. The molecule has 4 unspecified atom stereocenters. The molecule has 10 heteroatoms. The topological polar surface area (TPSA) is 137 Å². The van der Waals surface area contributed by atoms with E-state index in [1.54, 1.807) is 0 Å². The first-order valence-electron chi connectivity index (χ1n) is 6.36. The Morgan fingerprint density at radius 2 is 2.05 bits per heavy atom. The zero-order valence-electron chi connectivity index (χ0n) is 11.0. The lowest BCUT2D eigenvalue weighted by molar-refractivity contribution is -0.0232. The van der Waals surface area contributed by atoms with Gasteiger partial charge < -0.3 is 20.1 Å². The van der Waals surface area contributed by atoms with E-state index < -0.39 is 48.0 Å². The van der Waals surface area contributed by atoms with E-state index in [1.165, 1.54) is 0 Å². The zero-order valence-corrected chi connectivity index (χ0v) is 11.0. The number of nitrogens with one attached hydrogen (secondary N) is 1. The number of ether oxygens (including phenoxy) is 1. The van der Waals surface area contributed by atoms with Gasteiger partial charge in [-0.15, -0.1) is 0 Å². The highest BCUT2D eigenvalue weighted by Crippen LogP contribution is 2.31. The Labute approximate surface area is 121 Å². The molecule has 2 aromatic heterocycles. The van der Waals surface area contributed by atoms with Crippen LogP contribution >= 0.6 is 0 Å². The number of H-pyrrole nitrogens is 1. The minimum Gasteiger partial charge on any atom is -0.394 e. The van der Waals surface area contributed by atoms with Gasteiger partial charge in [0.15, 0.2) is 0 Å². The summed E-state index contributed by atoms with van der Waals surface area (Å²) in [7, 11) is 0. The molecule has 1 aliphatic heterocycles. The Balaban J connectivity index is 2.12. The minimum absolute atomic E-state index is 0.133. The molecule has 0 amide bonds. The smallest absolute Gasteiger partial charge is 0.288 e. The fourth-order valence-electron chi connectivity index (χ4n) is 2.37. The monoisotopic (exact) mass is 313 g/mol. The molecular weight excluding hydrogens is 301 g/mol. The van der Waals surface area contributed by atoms with Crippen LogP contribution in [-0.4, -0.2) is 54.6 Å². The maximum absolute atomic E-state index is 13.3. The van der Waals surface area contributed by atoms with Crippen molar-refractivity contribution in [1.29, 1.82) is 0 Å². The van der Waals surface area contributed by atoms with Crippen molar-refractivity contribution in [2.24, 2.45) is 0 Å². The third-order valence-corrected chi connectivity index (χ3v) is 3.52. The molecule has 0 bridgehead atoms. The summed E-state index contributed by atoms with van der Waals surface area (Å²) in [5.41, 5.74) is -1.96. The van der Waals surface area contributed by atoms with Gasteiger partial charge in [-0.2, -0.15) is 9.37 Å². The van der Waals surface area contributed by atoms with Crippen LogP contribution in [0, 0.1) is 5.82 Å². The van der Waals surface area contributed by atoms with Crippen molar-refractivity contribution in [1.82, 2.24) is 14.4 Å². The number of halogens is 1. The predicted molar refractivity (Wildman–Crippen MR) is 68.8 cm³/mol. The average Bonchev–Trinajstić information content (AvgIpc) is 2.76. The predicted octanol–water partition coefficient (Wildman–Crippen LogP) is -2.32. The van der Waals surface area contributed by atoms with Crippen molar-refractivity contribution in [3.8, 4) is 0 Å². The third kappa shape index (κ3) is 2.22. The zero-order chi connectivity index (χ0) is 16.0. The molecule has 3 rings (SSSR count). The summed E-state index contributed by atoms with van der Waals surface area (Å²) in [6.45, 7) is -0.543. The van der Waals surface area contributed by atoms with Gasteiger partial charge in [-0.25, -0.2) is 0 Å². The van der Waals surface area contributed by atoms with Gasteiger partial charge in [0, 0.05) is 6.20 Å². The molecule has 0 spiro atoms. The highest BCUT2D eigenvalue weighted by atomic mass is 19.1. The van der Waals surface area contributed by atoms with Crippen LogP contribution in [0.1, 0.15) is 11.7 Å². The van der Waals surface area contributed by atoms with Crippen LogP contribution in [0.15, 0.2) is 22.0 Å². The van der Waals surface area contributed by atoms with E-state index in [0.717, 1.165) is 16.8 Å². The molecule has 4 N–H and O–H groups in total. The number of hydrogen-bond donors (Lipinski definition) is 4. The Bertz CT molecular complexity index is 834. The van der Waals surface area contributed by atoms with E-state index in [4.69, 9.17) is 9.84 Å². The highest BCUT2D eigenvalue weighted by molar-refractivity contribution is 5.30. The van der Waals surface area contributed by atoms with Crippen LogP contribution in [0.3, 0.4) is 0 Å². The largest absolute Gasteiger partial charge is 0.394 e. The fraction of sp³-hybridized carbons (Fsp3) is 0.417. The van der Waals surface area contributed by atoms with Crippen molar-refractivity contribution in [3.05, 3.63) is 44.5 Å². The van der Waals surface area contributed by atoms with Gasteiger partial charge in [-0.3, -0.25) is 19.0 Å². The number of hydrogen-bond acceptors (Lipinski definition) is 7. The van der Waals surface area contributed by atoms with Gasteiger partial charge >= 0.3 is 0 Å². The first-order valence-corrected chi connectivity index (χ1v) is 6.36. The Morgan fingerprint density at radius 3 is 2.68 bits per heavy atom. The molecule has 2 aromatic rings. The minimum atomic E-state index is -1.45. The molecule has 3 heterocycles. The fourth-order valence-corrected chi connectivity index (χ4v) is 2.37. The second-order valence-electron chi connectivity index (χ2n) is 4.92. The summed E-state index contributed by atoms with van der Waals surface area (Å²) in [5.74, 6) is -1.25. The quantitative estimate of drug-likeness (QED) is 0.488. The number of nitrogens with zero attached hydrogens (tertiary/aromatic N) is 2. The van der Waals surface area contributed by atoms with Crippen LogP contribution < -0.4 is 11.1 Å². The van der Waals surface area contributed by atoms with Crippen molar-refractivity contribution in [2.45, 2.75) is 24.4 Å². The van der Waals surface area contributed by atoms with E-state index in [0.29, 0.717) is 0 Å². The number of aliphatic hydroxyl groups is 3. The summed E-state index contributed by atoms with van der Waals surface area (Å²) in [6.07, 6.45) is -3.12. The molecule has 0 saturated carbocycles. The molecule has 0 aliphatic carbocycles. The van der Waals surface area contributed by atoms with Crippen molar-refractivity contribution in [3.63, 3.8) is 0 Å². The van der Waals surface area contributed by atoms with Gasteiger partial charge in [-0.1, -0.05) is 0 Å². The molecule has 118 valence electrons. The van der Waals surface area contributed by atoms with Gasteiger partial charge in [-0.05, 0) is 0 Å². The molecule has 4 atom stereocenters. The standard InChI is InChI=1S/C12H12FN3O6/c13-5-2-16-1-4(10(20)14-12(16)15-11(5)21)9-8(19)7(18)6(3-17)22-9/h1-2,6-9,17-19H,3H2,(H,14,15,20,21). The molecule has 1 fully saturated rings. The van der Waals surface area contributed by atoms with Gasteiger partial charge in [0.05, 0.1) is 18.4 Å². The first kappa shape index (κ1) is 14.8. The summed E-state index contributed by atoms with van der Waals surface area (Å²) in [6, 6.07) is 0. The van der Waals surface area contributed by atoms with Gasteiger partial charge in [0.25, 0.3) is 11.1 Å². The van der Waals surface area contributed by atoms with Gasteiger partial charge in [0.2, 0.25) is 11.6 Å². The number of aliphatic hydroxyl groups excluding tert-OH is 3. The highest BCUT2D eigenvalue weighted by Gasteiger charge is 2.44. The molecule has 0 aromatic carbocycles. The van der Waals surface area contributed by atoms with E-state index in [2.05, 4.69) is 9.97 Å². The summed E-state index contributed by atoms with van der Waals surface area (Å²) in [5, 5.41) is 28.7. The second kappa shape index (κ2) is 5.25. The molecular formula is C12H12FN3O6. The van der Waals surface area contributed by atoms with Crippen molar-refractivity contribution in [2.75, 3.05) is 6.61 Å². The maximum atomic E-state index is 13.3. The van der Waals surface area contributed by atoms with E-state index in [1.807, 2.05) is 0 Å². The Hall–Kier alpha value is -2.14. The van der Waals surface area contributed by atoms with E-state index >= 15 is 0 Å². The number of aromatic nitrogens is 3. The Morgan fingerprint density at radius 1 is 1.32 bits per heavy atom. The summed E-state index contributed by atoms with van der Waals surface area (Å²) >= 11 is 0.